The Morgan fingerprint density at radius 3 is 2.53 bits per heavy atom. The molecule has 3 heteroatoms. The molecule has 1 N–H and O–H groups in total. The molecule has 0 aromatic carbocycles. The highest BCUT2D eigenvalue weighted by Crippen LogP contribution is 2.20. The van der Waals surface area contributed by atoms with Gasteiger partial charge in [0, 0.05) is 13.1 Å². The first kappa shape index (κ1) is 12.5. The Balaban J connectivity index is 2.51. The molecule has 0 aromatic heterocycles. The molecule has 15 heavy (non-hydrogen) atoms. The van der Waals surface area contributed by atoms with E-state index in [0.29, 0.717) is 0 Å². The summed E-state index contributed by atoms with van der Waals surface area (Å²) in [5.41, 5.74) is 0. The van der Waals surface area contributed by atoms with Crippen molar-refractivity contribution in [1.29, 1.82) is 0 Å². The molecule has 88 valence electrons. The molecule has 0 saturated carbocycles. The van der Waals surface area contributed by atoms with E-state index in [4.69, 9.17) is 0 Å². The minimum atomic E-state index is 0.0728. The molecule has 1 amide bonds. The van der Waals surface area contributed by atoms with Gasteiger partial charge in [-0.1, -0.05) is 13.3 Å². The summed E-state index contributed by atoms with van der Waals surface area (Å²) in [5, 5.41) is 3.34. The molecule has 2 unspecified atom stereocenters. The van der Waals surface area contributed by atoms with Crippen molar-refractivity contribution in [2.75, 3.05) is 19.6 Å². The van der Waals surface area contributed by atoms with Gasteiger partial charge in [-0.3, -0.25) is 4.79 Å². The second-order valence-corrected chi connectivity index (χ2v) is 4.32. The first-order valence-electron chi connectivity index (χ1n) is 6.25. The van der Waals surface area contributed by atoms with Gasteiger partial charge in [-0.2, -0.15) is 0 Å². The predicted molar refractivity (Wildman–Crippen MR) is 62.7 cm³/mol. The summed E-state index contributed by atoms with van der Waals surface area (Å²) in [7, 11) is 0. The SMILES string of the molecule is CCC1CCNC(C(=O)N(CC)CC)C1. The average molecular weight is 212 g/mol. The molecule has 2 atom stereocenters. The lowest BCUT2D eigenvalue weighted by molar-refractivity contribution is -0.134. The highest BCUT2D eigenvalue weighted by atomic mass is 16.2. The quantitative estimate of drug-likeness (QED) is 0.768. The molecule has 0 aromatic rings. The number of amides is 1. The summed E-state index contributed by atoms with van der Waals surface area (Å²) in [6.07, 6.45) is 3.44. The van der Waals surface area contributed by atoms with Crippen molar-refractivity contribution < 1.29 is 4.79 Å². The maximum atomic E-state index is 12.1. The Kier molecular flexibility index (Phi) is 5.09. The van der Waals surface area contributed by atoms with Crippen LogP contribution < -0.4 is 5.32 Å². The fourth-order valence-corrected chi connectivity index (χ4v) is 2.31. The van der Waals surface area contributed by atoms with Crippen molar-refractivity contribution in [2.45, 2.75) is 46.1 Å². The first-order valence-corrected chi connectivity index (χ1v) is 6.25. The maximum absolute atomic E-state index is 12.1. The summed E-state index contributed by atoms with van der Waals surface area (Å²) >= 11 is 0. The molecule has 0 spiro atoms. The van der Waals surface area contributed by atoms with Crippen LogP contribution in [-0.2, 0) is 4.79 Å². The number of carbonyl (C=O) groups is 1. The fourth-order valence-electron chi connectivity index (χ4n) is 2.31. The second-order valence-electron chi connectivity index (χ2n) is 4.32. The van der Waals surface area contributed by atoms with Gasteiger partial charge in [0.15, 0.2) is 0 Å². The highest BCUT2D eigenvalue weighted by molar-refractivity contribution is 5.82. The molecule has 1 saturated heterocycles. The average Bonchev–Trinajstić information content (AvgIpc) is 2.30. The number of nitrogens with one attached hydrogen (secondary N) is 1. The third kappa shape index (κ3) is 3.20. The van der Waals surface area contributed by atoms with Gasteiger partial charge in [-0.25, -0.2) is 0 Å². The smallest absolute Gasteiger partial charge is 0.239 e. The first-order chi connectivity index (χ1) is 7.22. The van der Waals surface area contributed by atoms with E-state index in [1.807, 2.05) is 18.7 Å². The number of nitrogens with zero attached hydrogens (tertiary/aromatic N) is 1. The van der Waals surface area contributed by atoms with E-state index in [1.165, 1.54) is 12.8 Å². The van der Waals surface area contributed by atoms with Crippen LogP contribution in [0, 0.1) is 5.92 Å². The molecule has 1 rings (SSSR count). The van der Waals surface area contributed by atoms with E-state index in [-0.39, 0.29) is 11.9 Å². The van der Waals surface area contributed by atoms with Crippen LogP contribution >= 0.6 is 0 Å². The standard InChI is InChI=1S/C12H24N2O/c1-4-10-7-8-13-11(9-10)12(15)14(5-2)6-3/h10-11,13H,4-9H2,1-3H3. The van der Waals surface area contributed by atoms with Gasteiger partial charge in [0.05, 0.1) is 6.04 Å². The number of carbonyl (C=O) groups excluding carboxylic acids is 1. The zero-order chi connectivity index (χ0) is 11.3. The molecule has 1 aliphatic heterocycles. The Morgan fingerprint density at radius 1 is 1.33 bits per heavy atom. The lowest BCUT2D eigenvalue weighted by atomic mass is 9.90. The minimum Gasteiger partial charge on any atom is -0.342 e. The van der Waals surface area contributed by atoms with E-state index in [2.05, 4.69) is 12.2 Å². The van der Waals surface area contributed by atoms with Crippen molar-refractivity contribution in [3.8, 4) is 0 Å². The van der Waals surface area contributed by atoms with Gasteiger partial charge >= 0.3 is 0 Å². The van der Waals surface area contributed by atoms with Crippen LogP contribution in [0.1, 0.15) is 40.0 Å². The molecular weight excluding hydrogens is 188 g/mol. The number of hydrogen-bond acceptors (Lipinski definition) is 2. The van der Waals surface area contributed by atoms with Crippen molar-refractivity contribution in [2.24, 2.45) is 5.92 Å². The third-order valence-electron chi connectivity index (χ3n) is 3.46. The number of hydrogen-bond donors (Lipinski definition) is 1. The van der Waals surface area contributed by atoms with Crippen molar-refractivity contribution in [3.63, 3.8) is 0 Å². The van der Waals surface area contributed by atoms with E-state index in [9.17, 15) is 4.79 Å². The monoisotopic (exact) mass is 212 g/mol. The summed E-state index contributed by atoms with van der Waals surface area (Å²) in [5.74, 6) is 1.02. The van der Waals surface area contributed by atoms with Crippen molar-refractivity contribution in [1.82, 2.24) is 10.2 Å². The number of piperidine rings is 1. The normalized spacial score (nSPS) is 26.3. The van der Waals surface area contributed by atoms with Crippen LogP contribution in [0.5, 0.6) is 0 Å². The van der Waals surface area contributed by atoms with Crippen LogP contribution in [0.2, 0.25) is 0 Å². The Bertz CT molecular complexity index is 202. The third-order valence-corrected chi connectivity index (χ3v) is 3.46. The zero-order valence-electron chi connectivity index (χ0n) is 10.3. The molecular formula is C12H24N2O. The Morgan fingerprint density at radius 2 is 2.00 bits per heavy atom. The summed E-state index contributed by atoms with van der Waals surface area (Å²) in [6.45, 7) is 8.95. The summed E-state index contributed by atoms with van der Waals surface area (Å²) in [6, 6.07) is 0.0728. The second kappa shape index (κ2) is 6.11. The fraction of sp³-hybridized carbons (Fsp3) is 0.917. The lowest BCUT2D eigenvalue weighted by Gasteiger charge is -2.32. The van der Waals surface area contributed by atoms with Crippen LogP contribution in [0.4, 0.5) is 0 Å². The van der Waals surface area contributed by atoms with Gasteiger partial charge < -0.3 is 10.2 Å². The highest BCUT2D eigenvalue weighted by Gasteiger charge is 2.27. The van der Waals surface area contributed by atoms with Gasteiger partial charge in [-0.15, -0.1) is 0 Å². The number of rotatable bonds is 4. The predicted octanol–water partition coefficient (Wildman–Crippen LogP) is 1.63. The molecule has 1 aliphatic rings. The van der Waals surface area contributed by atoms with Crippen molar-refractivity contribution in [3.05, 3.63) is 0 Å². The van der Waals surface area contributed by atoms with E-state index in [0.717, 1.165) is 32.0 Å². The van der Waals surface area contributed by atoms with Crippen LogP contribution in [0.3, 0.4) is 0 Å². The minimum absolute atomic E-state index is 0.0728. The van der Waals surface area contributed by atoms with E-state index in [1.54, 1.807) is 0 Å². The maximum Gasteiger partial charge on any atom is 0.239 e. The topological polar surface area (TPSA) is 32.3 Å². The number of likely N-dealkylation sites (N-methyl/N-ethyl adjacent to an activating group) is 1. The van der Waals surface area contributed by atoms with Gasteiger partial charge in [0.2, 0.25) is 5.91 Å². The Labute approximate surface area is 93.2 Å². The molecule has 1 heterocycles. The summed E-state index contributed by atoms with van der Waals surface area (Å²) < 4.78 is 0. The molecule has 1 fully saturated rings. The lowest BCUT2D eigenvalue weighted by Crippen LogP contribution is -2.50. The van der Waals surface area contributed by atoms with E-state index >= 15 is 0 Å². The molecule has 3 nitrogen and oxygen atoms in total. The largest absolute Gasteiger partial charge is 0.342 e. The van der Waals surface area contributed by atoms with Crippen LogP contribution in [-0.4, -0.2) is 36.5 Å². The van der Waals surface area contributed by atoms with Crippen molar-refractivity contribution >= 4 is 5.91 Å². The van der Waals surface area contributed by atoms with Gasteiger partial charge in [0.1, 0.15) is 0 Å². The van der Waals surface area contributed by atoms with Gasteiger partial charge in [-0.05, 0) is 39.2 Å². The van der Waals surface area contributed by atoms with E-state index < -0.39 is 0 Å². The summed E-state index contributed by atoms with van der Waals surface area (Å²) in [4.78, 5) is 14.0. The molecule has 0 radical (unpaired) electrons. The van der Waals surface area contributed by atoms with Crippen LogP contribution in [0.25, 0.3) is 0 Å². The van der Waals surface area contributed by atoms with Gasteiger partial charge in [0.25, 0.3) is 0 Å². The molecule has 0 bridgehead atoms. The van der Waals surface area contributed by atoms with Crippen LogP contribution in [0.15, 0.2) is 0 Å². The molecule has 0 aliphatic carbocycles. The zero-order valence-corrected chi connectivity index (χ0v) is 10.3. The Hall–Kier alpha value is -0.570.